The highest BCUT2D eigenvalue weighted by molar-refractivity contribution is 5.76. The van der Waals surface area contributed by atoms with Gasteiger partial charge in [0.25, 0.3) is 0 Å². The molecule has 110 valence electrons. The van der Waals surface area contributed by atoms with Crippen molar-refractivity contribution in [1.82, 2.24) is 5.32 Å². The van der Waals surface area contributed by atoms with Gasteiger partial charge in [0.1, 0.15) is 0 Å². The third kappa shape index (κ3) is 4.20. The van der Waals surface area contributed by atoms with Crippen LogP contribution in [0.3, 0.4) is 0 Å². The van der Waals surface area contributed by atoms with Crippen LogP contribution in [0.4, 0.5) is 0 Å². The molecule has 19 heavy (non-hydrogen) atoms. The second kappa shape index (κ2) is 7.28. The third-order valence-corrected chi connectivity index (χ3v) is 5.15. The molecule has 0 spiro atoms. The molecule has 2 aliphatic rings. The average Bonchev–Trinajstić information content (AvgIpc) is 2.99. The predicted octanol–water partition coefficient (Wildman–Crippen LogP) is 2.73. The van der Waals surface area contributed by atoms with Crippen LogP contribution < -0.4 is 5.32 Å². The first kappa shape index (κ1) is 14.8. The quantitative estimate of drug-likeness (QED) is 0.710. The highest BCUT2D eigenvalue weighted by atomic mass is 16.3. The maximum absolute atomic E-state index is 12.0. The number of aliphatic hydroxyl groups excluding tert-OH is 1. The Morgan fingerprint density at radius 2 is 2.16 bits per heavy atom. The van der Waals surface area contributed by atoms with Crippen molar-refractivity contribution >= 4 is 5.91 Å². The molecule has 2 aliphatic carbocycles. The summed E-state index contributed by atoms with van der Waals surface area (Å²) in [5.41, 5.74) is 0. The van der Waals surface area contributed by atoms with E-state index in [0.29, 0.717) is 11.8 Å². The van der Waals surface area contributed by atoms with Crippen LogP contribution >= 0.6 is 0 Å². The monoisotopic (exact) mass is 267 g/mol. The lowest BCUT2D eigenvalue weighted by atomic mass is 9.86. The lowest BCUT2D eigenvalue weighted by Gasteiger charge is -2.22. The van der Waals surface area contributed by atoms with Gasteiger partial charge < -0.3 is 10.4 Å². The average molecular weight is 267 g/mol. The first-order chi connectivity index (χ1) is 9.22. The maximum atomic E-state index is 12.0. The van der Waals surface area contributed by atoms with Gasteiger partial charge in [0, 0.05) is 19.6 Å². The molecule has 2 rings (SSSR count). The second-order valence-corrected chi connectivity index (χ2v) is 6.61. The Morgan fingerprint density at radius 1 is 1.32 bits per heavy atom. The third-order valence-electron chi connectivity index (χ3n) is 5.15. The number of rotatable bonds is 8. The van der Waals surface area contributed by atoms with E-state index in [2.05, 4.69) is 12.2 Å². The first-order valence-electron chi connectivity index (χ1n) is 8.10. The molecule has 3 heteroatoms. The largest absolute Gasteiger partial charge is 0.396 e. The molecule has 4 atom stereocenters. The van der Waals surface area contributed by atoms with Crippen molar-refractivity contribution in [3.05, 3.63) is 0 Å². The van der Waals surface area contributed by atoms with Crippen LogP contribution in [0.25, 0.3) is 0 Å². The lowest BCUT2D eigenvalue weighted by molar-refractivity contribution is -0.122. The Balaban J connectivity index is 1.66. The summed E-state index contributed by atoms with van der Waals surface area (Å²) in [6, 6.07) is 0. The minimum absolute atomic E-state index is 0.229. The van der Waals surface area contributed by atoms with E-state index in [1.807, 2.05) is 0 Å². The van der Waals surface area contributed by atoms with Crippen LogP contribution in [-0.2, 0) is 4.79 Å². The highest BCUT2D eigenvalue weighted by Crippen LogP contribution is 2.49. The molecule has 2 fully saturated rings. The highest BCUT2D eigenvalue weighted by Gasteiger charge is 2.40. The van der Waals surface area contributed by atoms with Gasteiger partial charge >= 0.3 is 0 Å². The van der Waals surface area contributed by atoms with E-state index in [1.54, 1.807) is 0 Å². The van der Waals surface area contributed by atoms with Crippen molar-refractivity contribution in [3.63, 3.8) is 0 Å². The lowest BCUT2D eigenvalue weighted by Crippen LogP contribution is -2.32. The molecule has 0 radical (unpaired) electrons. The van der Waals surface area contributed by atoms with Crippen LogP contribution in [0.15, 0.2) is 0 Å². The van der Waals surface area contributed by atoms with E-state index in [9.17, 15) is 4.79 Å². The van der Waals surface area contributed by atoms with Crippen molar-refractivity contribution in [2.45, 2.75) is 58.3 Å². The van der Waals surface area contributed by atoms with E-state index in [4.69, 9.17) is 5.11 Å². The van der Waals surface area contributed by atoms with Gasteiger partial charge in [0.15, 0.2) is 0 Å². The zero-order valence-electron chi connectivity index (χ0n) is 12.2. The Kier molecular flexibility index (Phi) is 5.68. The molecule has 2 bridgehead atoms. The number of fused-ring (bicyclic) bond motifs is 2. The van der Waals surface area contributed by atoms with E-state index >= 15 is 0 Å². The van der Waals surface area contributed by atoms with Gasteiger partial charge in [-0.15, -0.1) is 0 Å². The number of aliphatic hydroxyl groups is 1. The number of amides is 1. The molecule has 3 nitrogen and oxygen atoms in total. The Bertz CT molecular complexity index is 286. The van der Waals surface area contributed by atoms with Crippen molar-refractivity contribution < 1.29 is 9.90 Å². The number of hydrogen-bond acceptors (Lipinski definition) is 2. The minimum Gasteiger partial charge on any atom is -0.396 e. The smallest absolute Gasteiger partial charge is 0.220 e. The van der Waals surface area contributed by atoms with Crippen molar-refractivity contribution in [2.75, 3.05) is 13.2 Å². The van der Waals surface area contributed by atoms with E-state index < -0.39 is 0 Å². The van der Waals surface area contributed by atoms with Gasteiger partial charge in [-0.1, -0.05) is 19.8 Å². The normalized spacial score (nSPS) is 30.5. The Morgan fingerprint density at radius 3 is 2.74 bits per heavy atom. The molecule has 0 aromatic rings. The van der Waals surface area contributed by atoms with Gasteiger partial charge in [-0.3, -0.25) is 4.79 Å². The number of nitrogens with one attached hydrogen (secondary N) is 1. The van der Waals surface area contributed by atoms with Crippen LogP contribution in [0, 0.1) is 23.7 Å². The maximum Gasteiger partial charge on any atom is 0.220 e. The molecule has 0 heterocycles. The molecule has 0 saturated heterocycles. The van der Waals surface area contributed by atoms with E-state index in [-0.39, 0.29) is 12.5 Å². The fourth-order valence-corrected chi connectivity index (χ4v) is 4.13. The standard InChI is InChI=1S/C16H29NO2/c1-2-3-12(6-7-18)11-17-16(19)10-15-9-13-4-5-14(15)8-13/h12-15,18H,2-11H2,1H3,(H,17,19). The molecule has 0 aromatic heterocycles. The molecular formula is C16H29NO2. The minimum atomic E-state index is 0.229. The molecule has 1 amide bonds. The van der Waals surface area contributed by atoms with Gasteiger partial charge in [-0.2, -0.15) is 0 Å². The summed E-state index contributed by atoms with van der Waals surface area (Å²) in [5.74, 6) is 3.08. The number of carbonyl (C=O) groups excluding carboxylic acids is 1. The van der Waals surface area contributed by atoms with Gasteiger partial charge in [-0.05, 0) is 55.8 Å². The van der Waals surface area contributed by atoms with Crippen LogP contribution in [0.1, 0.15) is 58.3 Å². The summed E-state index contributed by atoms with van der Waals surface area (Å²) in [5, 5.41) is 12.1. The Hall–Kier alpha value is -0.570. The zero-order chi connectivity index (χ0) is 13.7. The fraction of sp³-hybridized carbons (Fsp3) is 0.938. The summed E-state index contributed by atoms with van der Waals surface area (Å²) in [6.07, 6.45) is 9.17. The summed E-state index contributed by atoms with van der Waals surface area (Å²) >= 11 is 0. The molecule has 2 N–H and O–H groups in total. The van der Waals surface area contributed by atoms with Gasteiger partial charge in [-0.25, -0.2) is 0 Å². The molecular weight excluding hydrogens is 238 g/mol. The molecule has 4 unspecified atom stereocenters. The summed E-state index contributed by atoms with van der Waals surface area (Å²) in [7, 11) is 0. The van der Waals surface area contributed by atoms with Crippen LogP contribution in [0.5, 0.6) is 0 Å². The Labute approximate surface area is 117 Å². The predicted molar refractivity (Wildman–Crippen MR) is 76.7 cm³/mol. The fourth-order valence-electron chi connectivity index (χ4n) is 4.13. The molecule has 2 saturated carbocycles. The zero-order valence-corrected chi connectivity index (χ0v) is 12.2. The molecule has 0 aliphatic heterocycles. The summed E-state index contributed by atoms with van der Waals surface area (Å²) in [4.78, 5) is 12.0. The second-order valence-electron chi connectivity index (χ2n) is 6.61. The van der Waals surface area contributed by atoms with Gasteiger partial charge in [0.2, 0.25) is 5.91 Å². The van der Waals surface area contributed by atoms with Crippen molar-refractivity contribution in [2.24, 2.45) is 23.7 Å². The summed E-state index contributed by atoms with van der Waals surface area (Å²) < 4.78 is 0. The molecule has 0 aromatic carbocycles. The number of carbonyl (C=O) groups is 1. The van der Waals surface area contributed by atoms with Crippen LogP contribution in [-0.4, -0.2) is 24.2 Å². The van der Waals surface area contributed by atoms with E-state index in [0.717, 1.165) is 44.1 Å². The van der Waals surface area contributed by atoms with Gasteiger partial charge in [0.05, 0.1) is 0 Å². The first-order valence-corrected chi connectivity index (χ1v) is 8.10. The van der Waals surface area contributed by atoms with Crippen molar-refractivity contribution in [3.8, 4) is 0 Å². The number of hydrogen-bond donors (Lipinski definition) is 2. The topological polar surface area (TPSA) is 49.3 Å². The van der Waals surface area contributed by atoms with Crippen LogP contribution in [0.2, 0.25) is 0 Å². The SMILES string of the molecule is CCCC(CCO)CNC(=O)CC1CC2CCC1C2. The van der Waals surface area contributed by atoms with Crippen molar-refractivity contribution in [1.29, 1.82) is 0 Å². The summed E-state index contributed by atoms with van der Waals surface area (Å²) in [6.45, 7) is 3.13. The van der Waals surface area contributed by atoms with E-state index in [1.165, 1.54) is 25.7 Å².